The van der Waals surface area contributed by atoms with Crippen molar-refractivity contribution in [1.29, 1.82) is 0 Å². The van der Waals surface area contributed by atoms with E-state index in [2.05, 4.69) is 4.74 Å². The van der Waals surface area contributed by atoms with E-state index < -0.39 is 6.29 Å². The Morgan fingerprint density at radius 1 is 1.62 bits per heavy atom. The van der Waals surface area contributed by atoms with E-state index in [1.54, 1.807) is 0 Å². The van der Waals surface area contributed by atoms with Crippen LogP contribution in [0.15, 0.2) is 0 Å². The van der Waals surface area contributed by atoms with Gasteiger partial charge >= 0.3 is 0 Å². The van der Waals surface area contributed by atoms with Crippen molar-refractivity contribution in [2.45, 2.75) is 26.6 Å². The highest BCUT2D eigenvalue weighted by Crippen LogP contribution is 2.06. The smallest absolute Gasteiger partial charge is 0.156 e. The van der Waals surface area contributed by atoms with Crippen LogP contribution in [0.2, 0.25) is 0 Å². The monoisotopic (exact) mass is 118 g/mol. The lowest BCUT2D eigenvalue weighted by Crippen LogP contribution is -2.18. The van der Waals surface area contributed by atoms with E-state index in [0.717, 1.165) is 6.42 Å². The van der Waals surface area contributed by atoms with Crippen LogP contribution >= 0.6 is 0 Å². The summed E-state index contributed by atoms with van der Waals surface area (Å²) in [7, 11) is 1.51. The Labute approximate surface area is 50.5 Å². The maximum Gasteiger partial charge on any atom is 0.156 e. The molecule has 0 aromatic heterocycles. The first-order valence-electron chi connectivity index (χ1n) is 2.93. The van der Waals surface area contributed by atoms with Crippen molar-refractivity contribution >= 4 is 0 Å². The molecule has 0 bridgehead atoms. The molecule has 0 amide bonds. The molecule has 0 rings (SSSR count). The molecule has 0 radical (unpaired) electrons. The van der Waals surface area contributed by atoms with Crippen molar-refractivity contribution in [2.75, 3.05) is 7.11 Å². The summed E-state index contributed by atoms with van der Waals surface area (Å²) in [5.41, 5.74) is 0. The number of rotatable bonds is 3. The third-order valence-electron chi connectivity index (χ3n) is 1.37. The van der Waals surface area contributed by atoms with Crippen molar-refractivity contribution in [3.63, 3.8) is 0 Å². The van der Waals surface area contributed by atoms with Crippen molar-refractivity contribution in [3.05, 3.63) is 0 Å². The van der Waals surface area contributed by atoms with Gasteiger partial charge in [-0.05, 0) is 6.42 Å². The van der Waals surface area contributed by atoms with Crippen molar-refractivity contribution in [3.8, 4) is 0 Å². The molecule has 0 aromatic rings. The quantitative estimate of drug-likeness (QED) is 0.560. The molecule has 2 nitrogen and oxygen atoms in total. The Hall–Kier alpha value is -0.0800. The van der Waals surface area contributed by atoms with Gasteiger partial charge in [0.1, 0.15) is 0 Å². The molecule has 0 aliphatic carbocycles. The van der Waals surface area contributed by atoms with Gasteiger partial charge in [-0.3, -0.25) is 0 Å². The molecule has 0 aromatic carbocycles. The van der Waals surface area contributed by atoms with Gasteiger partial charge in [-0.15, -0.1) is 0 Å². The van der Waals surface area contributed by atoms with Crippen molar-refractivity contribution < 1.29 is 9.84 Å². The lowest BCUT2D eigenvalue weighted by atomic mass is 10.1. The highest BCUT2D eigenvalue weighted by molar-refractivity contribution is 4.49. The molecular weight excluding hydrogens is 104 g/mol. The van der Waals surface area contributed by atoms with Crippen molar-refractivity contribution in [1.82, 2.24) is 0 Å². The summed E-state index contributed by atoms with van der Waals surface area (Å²) >= 11 is 0. The van der Waals surface area contributed by atoms with E-state index in [-0.39, 0.29) is 5.92 Å². The van der Waals surface area contributed by atoms with E-state index in [1.165, 1.54) is 7.11 Å². The Morgan fingerprint density at radius 3 is 2.25 bits per heavy atom. The van der Waals surface area contributed by atoms with Gasteiger partial charge < -0.3 is 9.84 Å². The van der Waals surface area contributed by atoms with Crippen LogP contribution in [0.1, 0.15) is 20.3 Å². The molecule has 0 saturated heterocycles. The fraction of sp³-hybridized carbons (Fsp3) is 1.00. The minimum atomic E-state index is -0.583. The van der Waals surface area contributed by atoms with E-state index in [4.69, 9.17) is 5.11 Å². The van der Waals surface area contributed by atoms with Crippen LogP contribution in [0, 0.1) is 5.92 Å². The summed E-state index contributed by atoms with van der Waals surface area (Å²) in [6.45, 7) is 3.97. The third kappa shape index (κ3) is 2.28. The maximum atomic E-state index is 8.90. The molecule has 0 aliphatic heterocycles. The predicted molar refractivity (Wildman–Crippen MR) is 32.5 cm³/mol. The molecule has 2 heteroatoms. The Morgan fingerprint density at radius 2 is 2.12 bits per heavy atom. The van der Waals surface area contributed by atoms with Crippen LogP contribution in [0.4, 0.5) is 0 Å². The minimum Gasteiger partial charge on any atom is -0.368 e. The highest BCUT2D eigenvalue weighted by atomic mass is 16.6. The molecule has 0 spiro atoms. The van der Waals surface area contributed by atoms with Crippen LogP contribution in [-0.4, -0.2) is 18.5 Å². The number of aliphatic hydroxyl groups excluding tert-OH is 1. The zero-order chi connectivity index (χ0) is 6.57. The third-order valence-corrected chi connectivity index (χ3v) is 1.37. The lowest BCUT2D eigenvalue weighted by molar-refractivity contribution is -0.108. The van der Waals surface area contributed by atoms with E-state index in [0.29, 0.717) is 0 Å². The SMILES string of the molecule is CCC(C)[C@H](O)OC. The summed E-state index contributed by atoms with van der Waals surface area (Å²) < 4.78 is 4.66. The number of hydrogen-bond donors (Lipinski definition) is 1. The van der Waals surface area contributed by atoms with E-state index in [1.807, 2.05) is 13.8 Å². The Kier molecular flexibility index (Phi) is 3.83. The first-order chi connectivity index (χ1) is 3.72. The highest BCUT2D eigenvalue weighted by Gasteiger charge is 2.08. The second-order valence-electron chi connectivity index (χ2n) is 2.01. The summed E-state index contributed by atoms with van der Waals surface area (Å²) in [5, 5.41) is 8.90. The van der Waals surface area contributed by atoms with Gasteiger partial charge in [-0.1, -0.05) is 13.8 Å². The van der Waals surface area contributed by atoms with Gasteiger partial charge in [0.2, 0.25) is 0 Å². The molecule has 0 saturated carbocycles. The van der Waals surface area contributed by atoms with Crippen LogP contribution in [0.5, 0.6) is 0 Å². The lowest BCUT2D eigenvalue weighted by Gasteiger charge is -2.13. The Bertz CT molecular complexity index is 46.5. The summed E-state index contributed by atoms with van der Waals surface area (Å²) in [4.78, 5) is 0. The molecule has 0 aliphatic rings. The molecule has 0 fully saturated rings. The largest absolute Gasteiger partial charge is 0.368 e. The van der Waals surface area contributed by atoms with Gasteiger partial charge in [0.05, 0.1) is 0 Å². The average Bonchev–Trinajstić information content (AvgIpc) is 1.84. The predicted octanol–water partition coefficient (Wildman–Crippen LogP) is 0.997. The van der Waals surface area contributed by atoms with Gasteiger partial charge in [-0.2, -0.15) is 0 Å². The number of methoxy groups -OCH3 is 1. The normalized spacial score (nSPS) is 18.0. The second-order valence-corrected chi connectivity index (χ2v) is 2.01. The van der Waals surface area contributed by atoms with E-state index >= 15 is 0 Å². The molecule has 0 heterocycles. The first-order valence-corrected chi connectivity index (χ1v) is 2.93. The van der Waals surface area contributed by atoms with Gasteiger partial charge in [0.15, 0.2) is 6.29 Å². The second kappa shape index (κ2) is 3.87. The average molecular weight is 118 g/mol. The fourth-order valence-electron chi connectivity index (χ4n) is 0.434. The van der Waals surface area contributed by atoms with Crippen molar-refractivity contribution in [2.24, 2.45) is 5.92 Å². The fourth-order valence-corrected chi connectivity index (χ4v) is 0.434. The van der Waals surface area contributed by atoms with Gasteiger partial charge in [0, 0.05) is 13.0 Å². The van der Waals surface area contributed by atoms with Gasteiger partial charge in [0.25, 0.3) is 0 Å². The molecule has 50 valence electrons. The summed E-state index contributed by atoms with van der Waals surface area (Å²) in [5.74, 6) is 0.250. The topological polar surface area (TPSA) is 29.5 Å². The van der Waals surface area contributed by atoms with Crippen LogP contribution in [0.25, 0.3) is 0 Å². The van der Waals surface area contributed by atoms with Crippen LogP contribution < -0.4 is 0 Å². The number of hydrogen-bond acceptors (Lipinski definition) is 2. The maximum absolute atomic E-state index is 8.90. The zero-order valence-corrected chi connectivity index (χ0v) is 5.72. The molecular formula is C6H14O2. The van der Waals surface area contributed by atoms with Crippen LogP contribution in [0.3, 0.4) is 0 Å². The molecule has 8 heavy (non-hydrogen) atoms. The van der Waals surface area contributed by atoms with Gasteiger partial charge in [-0.25, -0.2) is 0 Å². The summed E-state index contributed by atoms with van der Waals surface area (Å²) in [6.07, 6.45) is 0.370. The Balaban J connectivity index is 3.29. The minimum absolute atomic E-state index is 0.250. The number of ether oxygens (including phenoxy) is 1. The summed E-state index contributed by atoms with van der Waals surface area (Å²) in [6, 6.07) is 0. The zero-order valence-electron chi connectivity index (χ0n) is 5.72. The van der Waals surface area contributed by atoms with E-state index in [9.17, 15) is 0 Å². The first kappa shape index (κ1) is 7.92. The molecule has 2 atom stereocenters. The standard InChI is InChI=1S/C6H14O2/c1-4-5(2)6(7)8-3/h5-7H,4H2,1-3H3/t5?,6-/m1/s1. The molecule has 1 N–H and O–H groups in total. The molecule has 1 unspecified atom stereocenters. The number of aliphatic hydroxyl groups is 1. The van der Waals surface area contributed by atoms with Crippen LogP contribution in [-0.2, 0) is 4.74 Å².